The molecular formula is C38H43NO7P2. The summed E-state index contributed by atoms with van der Waals surface area (Å²) < 4.78 is 50.2. The summed E-state index contributed by atoms with van der Waals surface area (Å²) in [5.41, 5.74) is 6.07. The van der Waals surface area contributed by atoms with Gasteiger partial charge in [-0.25, -0.2) is 0 Å². The van der Waals surface area contributed by atoms with E-state index in [4.69, 9.17) is 18.1 Å². The lowest BCUT2D eigenvalue weighted by Crippen LogP contribution is -2.10. The number of hydrogen-bond acceptors (Lipinski definition) is 7. The zero-order valence-corrected chi connectivity index (χ0v) is 29.7. The topological polar surface area (TPSA) is 96.2 Å². The highest BCUT2D eigenvalue weighted by Gasteiger charge is 2.27. The van der Waals surface area contributed by atoms with Gasteiger partial charge in [0.25, 0.3) is 0 Å². The summed E-state index contributed by atoms with van der Waals surface area (Å²) >= 11 is 0. The van der Waals surface area contributed by atoms with Crippen LogP contribution < -0.4 is 10.6 Å². The number of rotatable bonds is 16. The molecule has 252 valence electrons. The molecule has 1 aromatic heterocycles. The van der Waals surface area contributed by atoms with Gasteiger partial charge in [-0.15, -0.1) is 0 Å². The Kier molecular flexibility index (Phi) is 12.1. The summed E-state index contributed by atoms with van der Waals surface area (Å²) in [4.78, 5) is 0. The smallest absolute Gasteiger partial charge is 0.361 e. The number of aliphatic hydroxyl groups is 1. The third-order valence-corrected chi connectivity index (χ3v) is 12.0. The van der Waals surface area contributed by atoms with E-state index >= 15 is 0 Å². The van der Waals surface area contributed by atoms with Crippen molar-refractivity contribution in [2.45, 2.75) is 34.2 Å². The fraction of sp³-hybridized carbons (Fsp3) is 0.263. The molecule has 48 heavy (non-hydrogen) atoms. The van der Waals surface area contributed by atoms with Crippen LogP contribution in [-0.2, 0) is 33.8 Å². The fourth-order valence-corrected chi connectivity index (χ4v) is 8.79. The van der Waals surface area contributed by atoms with Crippen LogP contribution in [0.25, 0.3) is 46.1 Å². The standard InChI is InChI=1S/C38H43NO7P2/c1-5-43-47(41,44-6-2)33-19-13-29(14-20-33)9-11-31-17-23-37-35(27-31)36-28-32(18-24-38(36)39(37)25-26-40)12-10-30-15-21-34(22-16-30)48(42,45-7-3)46-8-4/h9-24,27-28,40H,5-8,25-26H2,1-4H3/b11-9+,12-10+. The molecule has 0 radical (unpaired) electrons. The first-order chi connectivity index (χ1) is 23.3. The monoisotopic (exact) mass is 687 g/mol. The van der Waals surface area contributed by atoms with Crippen molar-refractivity contribution in [1.82, 2.24) is 4.57 Å². The quantitative estimate of drug-likeness (QED) is 0.0818. The van der Waals surface area contributed by atoms with Gasteiger partial charge in [0.05, 0.1) is 43.6 Å². The normalized spacial score (nSPS) is 12.7. The van der Waals surface area contributed by atoms with Crippen molar-refractivity contribution < 1.29 is 32.3 Å². The molecule has 5 aromatic rings. The highest BCUT2D eigenvalue weighted by Crippen LogP contribution is 2.47. The first-order valence-corrected chi connectivity index (χ1v) is 19.4. The van der Waals surface area contributed by atoms with Crippen molar-refractivity contribution in [3.8, 4) is 0 Å². The third kappa shape index (κ3) is 7.99. The molecular weight excluding hydrogens is 644 g/mol. The lowest BCUT2D eigenvalue weighted by molar-refractivity contribution is 0.229. The minimum Gasteiger partial charge on any atom is -0.395 e. The van der Waals surface area contributed by atoms with Crippen LogP contribution in [0.4, 0.5) is 0 Å². The van der Waals surface area contributed by atoms with E-state index in [0.717, 1.165) is 44.1 Å². The maximum absolute atomic E-state index is 13.1. The molecule has 5 rings (SSSR count). The summed E-state index contributed by atoms with van der Waals surface area (Å²) in [6.45, 7) is 8.93. The van der Waals surface area contributed by atoms with E-state index < -0.39 is 15.2 Å². The summed E-state index contributed by atoms with van der Waals surface area (Å²) in [6.07, 6.45) is 8.14. The lowest BCUT2D eigenvalue weighted by atomic mass is 10.1. The Morgan fingerprint density at radius 2 is 0.875 bits per heavy atom. The molecule has 1 N–H and O–H groups in total. The van der Waals surface area contributed by atoms with E-state index in [9.17, 15) is 14.2 Å². The molecule has 0 aliphatic rings. The number of nitrogens with zero attached hydrogens (tertiary/aromatic N) is 1. The van der Waals surface area contributed by atoms with Crippen molar-refractivity contribution in [2.24, 2.45) is 0 Å². The van der Waals surface area contributed by atoms with Crippen LogP contribution in [0, 0.1) is 0 Å². The molecule has 0 amide bonds. The van der Waals surface area contributed by atoms with Gasteiger partial charge >= 0.3 is 15.2 Å². The molecule has 0 aliphatic heterocycles. The second-order valence-corrected chi connectivity index (χ2v) is 15.0. The molecule has 10 heteroatoms. The van der Waals surface area contributed by atoms with E-state index in [1.807, 2.05) is 36.4 Å². The molecule has 0 atom stereocenters. The Hall–Kier alpha value is -3.58. The second-order valence-electron chi connectivity index (χ2n) is 10.9. The molecule has 0 aliphatic carbocycles. The van der Waals surface area contributed by atoms with Gasteiger partial charge in [0, 0.05) is 28.4 Å². The minimum absolute atomic E-state index is 0.0349. The maximum atomic E-state index is 13.1. The van der Waals surface area contributed by atoms with Crippen LogP contribution in [0.1, 0.15) is 49.9 Å². The SMILES string of the molecule is CCOP(=O)(OCC)c1ccc(/C=C/c2ccc3c(c2)c2cc(/C=C/c4ccc(P(=O)(OCC)OCC)cc4)ccc2n3CCO)cc1. The summed E-state index contributed by atoms with van der Waals surface area (Å²) in [7, 11) is -6.66. The van der Waals surface area contributed by atoms with Gasteiger partial charge < -0.3 is 27.8 Å². The third-order valence-electron chi connectivity index (χ3n) is 7.79. The van der Waals surface area contributed by atoms with Crippen LogP contribution in [0.3, 0.4) is 0 Å². The minimum atomic E-state index is -3.33. The summed E-state index contributed by atoms with van der Waals surface area (Å²) in [5, 5.41) is 13.1. The number of fused-ring (bicyclic) bond motifs is 3. The molecule has 0 saturated heterocycles. The Labute approximate surface area is 282 Å². The Bertz CT molecular complexity index is 1840. The maximum Gasteiger partial charge on any atom is 0.361 e. The van der Waals surface area contributed by atoms with Gasteiger partial charge in [-0.2, -0.15) is 0 Å². The highest BCUT2D eigenvalue weighted by atomic mass is 31.2. The summed E-state index contributed by atoms with van der Waals surface area (Å²) in [5.74, 6) is 0. The van der Waals surface area contributed by atoms with Gasteiger partial charge in [-0.1, -0.05) is 60.7 Å². The molecule has 8 nitrogen and oxygen atoms in total. The molecule has 0 unspecified atom stereocenters. The first kappa shape index (κ1) is 35.7. The van der Waals surface area contributed by atoms with Gasteiger partial charge in [-0.3, -0.25) is 9.13 Å². The average Bonchev–Trinajstić information content (AvgIpc) is 3.39. The molecule has 1 heterocycles. The van der Waals surface area contributed by atoms with Crippen LogP contribution in [0.15, 0.2) is 84.9 Å². The molecule has 0 saturated carbocycles. The van der Waals surface area contributed by atoms with Crippen molar-refractivity contribution in [1.29, 1.82) is 0 Å². The van der Waals surface area contributed by atoms with E-state index in [1.165, 1.54) is 0 Å². The van der Waals surface area contributed by atoms with Crippen LogP contribution in [0.5, 0.6) is 0 Å². The average molecular weight is 688 g/mol. The second kappa shape index (κ2) is 16.2. The summed E-state index contributed by atoms with van der Waals surface area (Å²) in [6, 6.07) is 27.4. The number of aromatic nitrogens is 1. The van der Waals surface area contributed by atoms with Crippen LogP contribution in [0.2, 0.25) is 0 Å². The van der Waals surface area contributed by atoms with Gasteiger partial charge in [-0.05, 0) is 98.5 Å². The number of aliphatic hydroxyl groups excluding tert-OH is 1. The molecule has 0 bridgehead atoms. The largest absolute Gasteiger partial charge is 0.395 e. The van der Waals surface area contributed by atoms with Crippen molar-refractivity contribution in [3.05, 3.63) is 107 Å². The van der Waals surface area contributed by atoms with Crippen molar-refractivity contribution >= 4 is 71.9 Å². The van der Waals surface area contributed by atoms with Crippen LogP contribution in [-0.4, -0.2) is 42.7 Å². The zero-order chi connectivity index (χ0) is 34.1. The predicted octanol–water partition coefficient (Wildman–Crippen LogP) is 8.91. The number of hydrogen-bond donors (Lipinski definition) is 1. The van der Waals surface area contributed by atoms with Crippen molar-refractivity contribution in [3.63, 3.8) is 0 Å². The lowest BCUT2D eigenvalue weighted by Gasteiger charge is -2.17. The number of benzene rings is 4. The fourth-order valence-electron chi connectivity index (χ4n) is 5.66. The van der Waals surface area contributed by atoms with E-state index in [0.29, 0.717) is 43.6 Å². The Morgan fingerprint density at radius 3 is 1.21 bits per heavy atom. The van der Waals surface area contributed by atoms with Crippen LogP contribution >= 0.6 is 15.2 Å². The molecule has 4 aromatic carbocycles. The highest BCUT2D eigenvalue weighted by molar-refractivity contribution is 7.62. The van der Waals surface area contributed by atoms with E-state index in [2.05, 4.69) is 53.1 Å². The molecule has 0 fully saturated rings. The zero-order valence-electron chi connectivity index (χ0n) is 27.9. The molecule has 0 spiro atoms. The predicted molar refractivity (Wildman–Crippen MR) is 198 cm³/mol. The van der Waals surface area contributed by atoms with E-state index in [-0.39, 0.29) is 6.61 Å². The van der Waals surface area contributed by atoms with Gasteiger partial charge in [0.15, 0.2) is 0 Å². The van der Waals surface area contributed by atoms with Gasteiger partial charge in [0.1, 0.15) is 0 Å². The van der Waals surface area contributed by atoms with Crippen molar-refractivity contribution in [2.75, 3.05) is 33.0 Å². The first-order valence-electron chi connectivity index (χ1n) is 16.3. The Balaban J connectivity index is 1.42. The Morgan fingerprint density at radius 1 is 0.542 bits per heavy atom. The van der Waals surface area contributed by atoms with Gasteiger partial charge in [0.2, 0.25) is 0 Å². The van der Waals surface area contributed by atoms with E-state index in [1.54, 1.807) is 52.0 Å².